The van der Waals surface area contributed by atoms with Crippen molar-refractivity contribution in [2.75, 3.05) is 6.79 Å². The Kier molecular flexibility index (Phi) is 3.80. The third kappa shape index (κ3) is 2.78. The first-order chi connectivity index (χ1) is 13.6. The van der Waals surface area contributed by atoms with Crippen molar-refractivity contribution in [1.82, 2.24) is 5.01 Å². The number of nitrogens with zero attached hydrogens (tertiary/aromatic N) is 3. The number of amidine groups is 2. The molecule has 138 valence electrons. The number of benzene rings is 2. The molecule has 1 amide bonds. The van der Waals surface area contributed by atoms with E-state index in [4.69, 9.17) is 14.9 Å². The maximum Gasteiger partial charge on any atom is 0.283 e. The number of nitrogens with one attached hydrogen (secondary N) is 1. The van der Waals surface area contributed by atoms with E-state index in [0.29, 0.717) is 21.7 Å². The lowest BCUT2D eigenvalue weighted by Crippen LogP contribution is -2.35. The maximum atomic E-state index is 12.5. The van der Waals surface area contributed by atoms with E-state index in [0.717, 1.165) is 16.7 Å². The monoisotopic (exact) mass is 390 g/mol. The Bertz CT molecular complexity index is 1120. The first kappa shape index (κ1) is 16.8. The molecule has 8 heteroatoms. The van der Waals surface area contributed by atoms with E-state index < -0.39 is 5.91 Å². The molecule has 0 radical (unpaired) electrons. The van der Waals surface area contributed by atoms with Crippen molar-refractivity contribution in [2.45, 2.75) is 6.92 Å². The van der Waals surface area contributed by atoms with Gasteiger partial charge >= 0.3 is 0 Å². The van der Waals surface area contributed by atoms with Crippen LogP contribution in [0.2, 0.25) is 0 Å². The van der Waals surface area contributed by atoms with Crippen molar-refractivity contribution in [2.24, 2.45) is 10.1 Å². The summed E-state index contributed by atoms with van der Waals surface area (Å²) in [4.78, 5) is 16.7. The third-order valence-electron chi connectivity index (χ3n) is 4.46. The van der Waals surface area contributed by atoms with E-state index in [1.54, 1.807) is 24.3 Å². The molecule has 0 aromatic heterocycles. The molecule has 2 aromatic carbocycles. The molecule has 1 N–H and O–H groups in total. The van der Waals surface area contributed by atoms with Gasteiger partial charge in [0.1, 0.15) is 5.04 Å². The van der Waals surface area contributed by atoms with Gasteiger partial charge in [-0.2, -0.15) is 15.1 Å². The number of carbonyl (C=O) groups excluding carboxylic acids is 1. The standard InChI is InChI=1S/C20H14N4O3S/c1-11-2-5-13(6-3-11)19-23-24-17(21)14(18(25)22-20(24)28-19)8-12-4-7-15-16(9-12)27-10-26-15/h2-9,21H,10H2,1H3/b14-8-,21-17?. The predicted octanol–water partition coefficient (Wildman–Crippen LogP) is 3.39. The van der Waals surface area contributed by atoms with Gasteiger partial charge in [-0.15, -0.1) is 0 Å². The van der Waals surface area contributed by atoms with Gasteiger partial charge in [0.05, 0.1) is 5.57 Å². The number of hydrazone groups is 1. The molecule has 0 aliphatic carbocycles. The van der Waals surface area contributed by atoms with Gasteiger partial charge in [-0.05, 0) is 42.5 Å². The first-order valence-corrected chi connectivity index (χ1v) is 9.37. The summed E-state index contributed by atoms with van der Waals surface area (Å²) in [5, 5.41) is 15.5. The van der Waals surface area contributed by atoms with Crippen LogP contribution in [-0.4, -0.2) is 33.8 Å². The molecule has 5 rings (SSSR count). The minimum absolute atomic E-state index is 0.00211. The number of aliphatic imine (C=N–C) groups is 1. The van der Waals surface area contributed by atoms with Crippen LogP contribution in [-0.2, 0) is 4.79 Å². The van der Waals surface area contributed by atoms with Crippen LogP contribution < -0.4 is 9.47 Å². The molecule has 0 bridgehead atoms. The molecule has 2 aromatic rings. The second-order valence-electron chi connectivity index (χ2n) is 6.40. The van der Waals surface area contributed by atoms with E-state index in [9.17, 15) is 4.79 Å². The molecule has 3 aliphatic rings. The number of aryl methyl sites for hydroxylation is 1. The topological polar surface area (TPSA) is 87.3 Å². The third-order valence-corrected chi connectivity index (χ3v) is 5.42. The van der Waals surface area contributed by atoms with E-state index >= 15 is 0 Å². The Morgan fingerprint density at radius 3 is 2.75 bits per heavy atom. The largest absolute Gasteiger partial charge is 0.454 e. The molecule has 3 aliphatic heterocycles. The number of fused-ring (bicyclic) bond motifs is 2. The van der Waals surface area contributed by atoms with Crippen molar-refractivity contribution in [3.63, 3.8) is 0 Å². The lowest BCUT2D eigenvalue weighted by molar-refractivity contribution is -0.114. The number of carbonyl (C=O) groups is 1. The van der Waals surface area contributed by atoms with Gasteiger partial charge in [0, 0.05) is 5.56 Å². The lowest BCUT2D eigenvalue weighted by atomic mass is 10.1. The quantitative estimate of drug-likeness (QED) is 0.794. The van der Waals surface area contributed by atoms with Gasteiger partial charge in [-0.3, -0.25) is 10.2 Å². The van der Waals surface area contributed by atoms with Gasteiger partial charge in [-0.25, -0.2) is 0 Å². The summed E-state index contributed by atoms with van der Waals surface area (Å²) in [7, 11) is 0. The second-order valence-corrected chi connectivity index (χ2v) is 7.36. The number of ether oxygens (including phenoxy) is 2. The Balaban J connectivity index is 1.48. The molecule has 28 heavy (non-hydrogen) atoms. The summed E-state index contributed by atoms with van der Waals surface area (Å²) in [5.41, 5.74) is 2.98. The van der Waals surface area contributed by atoms with E-state index in [2.05, 4.69) is 10.1 Å². The highest BCUT2D eigenvalue weighted by molar-refractivity contribution is 8.27. The fourth-order valence-corrected chi connectivity index (χ4v) is 3.87. The second kappa shape index (κ2) is 6.35. The summed E-state index contributed by atoms with van der Waals surface area (Å²) in [6.45, 7) is 2.20. The Morgan fingerprint density at radius 2 is 1.93 bits per heavy atom. The van der Waals surface area contributed by atoms with Crippen LogP contribution in [0.4, 0.5) is 0 Å². The fourth-order valence-electron chi connectivity index (χ4n) is 2.97. The number of amides is 1. The van der Waals surface area contributed by atoms with Crippen molar-refractivity contribution in [3.05, 3.63) is 64.7 Å². The molecule has 0 saturated heterocycles. The molecular formula is C20H14N4O3S. The van der Waals surface area contributed by atoms with Crippen LogP contribution in [0.15, 0.2) is 58.1 Å². The normalized spacial score (nSPS) is 19.0. The predicted molar refractivity (Wildman–Crippen MR) is 108 cm³/mol. The van der Waals surface area contributed by atoms with Gasteiger partial charge < -0.3 is 9.47 Å². The molecule has 0 atom stereocenters. The Labute approximate surface area is 164 Å². The van der Waals surface area contributed by atoms with Crippen LogP contribution in [0.3, 0.4) is 0 Å². The zero-order valence-corrected chi connectivity index (χ0v) is 15.6. The SMILES string of the molecule is Cc1ccc(C2=NN3C(=N)/C(=C/c4ccc5c(c4)OCO5)C(=O)N=C3S2)cc1. The number of hydrogen-bond donors (Lipinski definition) is 1. The Morgan fingerprint density at radius 1 is 1.14 bits per heavy atom. The van der Waals surface area contributed by atoms with E-state index in [1.165, 1.54) is 16.8 Å². The summed E-state index contributed by atoms with van der Waals surface area (Å²) in [5.74, 6) is 0.824. The van der Waals surface area contributed by atoms with Gasteiger partial charge in [-0.1, -0.05) is 35.9 Å². The van der Waals surface area contributed by atoms with Crippen molar-refractivity contribution in [1.29, 1.82) is 5.41 Å². The number of hydrogen-bond acceptors (Lipinski definition) is 6. The highest BCUT2D eigenvalue weighted by Crippen LogP contribution is 2.34. The highest BCUT2D eigenvalue weighted by atomic mass is 32.2. The Hall–Kier alpha value is -3.39. The van der Waals surface area contributed by atoms with Crippen LogP contribution in [0.5, 0.6) is 11.5 Å². The fraction of sp³-hybridized carbons (Fsp3) is 0.100. The zero-order chi connectivity index (χ0) is 19.3. The smallest absolute Gasteiger partial charge is 0.283 e. The van der Waals surface area contributed by atoms with Crippen LogP contribution in [0, 0.1) is 12.3 Å². The molecule has 3 heterocycles. The van der Waals surface area contributed by atoms with Crippen molar-refractivity contribution < 1.29 is 14.3 Å². The summed E-state index contributed by atoms with van der Waals surface area (Å²) in [6, 6.07) is 13.3. The highest BCUT2D eigenvalue weighted by Gasteiger charge is 2.36. The van der Waals surface area contributed by atoms with Crippen LogP contribution >= 0.6 is 11.8 Å². The average Bonchev–Trinajstić information content (AvgIpc) is 3.32. The number of thioether (sulfide) groups is 1. The van der Waals surface area contributed by atoms with Gasteiger partial charge in [0.15, 0.2) is 17.3 Å². The molecule has 0 unspecified atom stereocenters. The molecule has 7 nitrogen and oxygen atoms in total. The molecule has 0 spiro atoms. The maximum absolute atomic E-state index is 12.5. The summed E-state index contributed by atoms with van der Waals surface area (Å²) < 4.78 is 10.7. The average molecular weight is 390 g/mol. The van der Waals surface area contributed by atoms with E-state index in [1.807, 2.05) is 31.2 Å². The summed E-state index contributed by atoms with van der Waals surface area (Å²) >= 11 is 1.29. The molecule has 0 saturated carbocycles. The van der Waals surface area contributed by atoms with Crippen LogP contribution in [0.25, 0.3) is 6.08 Å². The molecule has 0 fully saturated rings. The van der Waals surface area contributed by atoms with Crippen molar-refractivity contribution >= 4 is 39.8 Å². The number of rotatable bonds is 2. The minimum Gasteiger partial charge on any atom is -0.454 e. The first-order valence-electron chi connectivity index (χ1n) is 8.55. The zero-order valence-electron chi connectivity index (χ0n) is 14.8. The lowest BCUT2D eigenvalue weighted by Gasteiger charge is -2.20. The minimum atomic E-state index is -0.457. The van der Waals surface area contributed by atoms with Crippen molar-refractivity contribution in [3.8, 4) is 11.5 Å². The van der Waals surface area contributed by atoms with Gasteiger partial charge in [0.25, 0.3) is 5.91 Å². The molecular weight excluding hydrogens is 376 g/mol. The van der Waals surface area contributed by atoms with E-state index in [-0.39, 0.29) is 18.2 Å². The summed E-state index contributed by atoms with van der Waals surface area (Å²) in [6.07, 6.45) is 1.62. The van der Waals surface area contributed by atoms with Crippen LogP contribution in [0.1, 0.15) is 16.7 Å². The van der Waals surface area contributed by atoms with Gasteiger partial charge in [0.2, 0.25) is 12.0 Å².